The second-order valence-corrected chi connectivity index (χ2v) is 5.45. The van der Waals surface area contributed by atoms with Crippen molar-refractivity contribution >= 4 is 0 Å². The Balaban J connectivity index is 1.81. The van der Waals surface area contributed by atoms with Gasteiger partial charge in [0.1, 0.15) is 18.1 Å². The van der Waals surface area contributed by atoms with Gasteiger partial charge in [0.25, 0.3) is 0 Å². The summed E-state index contributed by atoms with van der Waals surface area (Å²) in [6.45, 7) is 9.33. The number of aryl methyl sites for hydroxylation is 1. The molecule has 1 aromatic rings. The van der Waals surface area contributed by atoms with E-state index in [1.807, 2.05) is 6.92 Å². The molecule has 0 spiro atoms. The van der Waals surface area contributed by atoms with Crippen molar-refractivity contribution in [3.8, 4) is 0 Å². The molecule has 19 heavy (non-hydrogen) atoms. The van der Waals surface area contributed by atoms with E-state index >= 15 is 0 Å². The van der Waals surface area contributed by atoms with Gasteiger partial charge in [0.2, 0.25) is 0 Å². The summed E-state index contributed by atoms with van der Waals surface area (Å²) in [7, 11) is 0. The van der Waals surface area contributed by atoms with Gasteiger partial charge in [0.15, 0.2) is 0 Å². The maximum absolute atomic E-state index is 5.87. The van der Waals surface area contributed by atoms with Crippen LogP contribution >= 0.6 is 0 Å². The Morgan fingerprint density at radius 3 is 2.79 bits per heavy atom. The zero-order chi connectivity index (χ0) is 13.7. The van der Waals surface area contributed by atoms with E-state index in [9.17, 15) is 0 Å². The molecule has 2 rings (SSSR count). The highest BCUT2D eigenvalue weighted by Gasteiger charge is 2.15. The third-order valence-electron chi connectivity index (χ3n) is 3.40. The molecule has 4 nitrogen and oxygen atoms in total. The van der Waals surface area contributed by atoms with E-state index in [1.165, 1.54) is 5.56 Å². The highest BCUT2D eigenvalue weighted by atomic mass is 16.5. The first kappa shape index (κ1) is 14.6. The SMILES string of the molecule is Cc1oc(COC2CCOCC2)cc1CNC(C)C. The average molecular weight is 267 g/mol. The minimum atomic E-state index is 0.316. The first-order chi connectivity index (χ1) is 9.15. The van der Waals surface area contributed by atoms with Crippen molar-refractivity contribution in [3.05, 3.63) is 23.2 Å². The molecule has 0 aliphatic carbocycles. The fraction of sp³-hybridized carbons (Fsp3) is 0.733. The monoisotopic (exact) mass is 267 g/mol. The molecule has 0 aromatic carbocycles. The summed E-state index contributed by atoms with van der Waals surface area (Å²) in [5.74, 6) is 1.91. The number of hydrogen-bond acceptors (Lipinski definition) is 4. The number of nitrogens with one attached hydrogen (secondary N) is 1. The van der Waals surface area contributed by atoms with Crippen LogP contribution in [0.2, 0.25) is 0 Å². The topological polar surface area (TPSA) is 43.6 Å². The Labute approximate surface area is 115 Å². The smallest absolute Gasteiger partial charge is 0.130 e. The molecule has 2 heterocycles. The number of rotatable bonds is 6. The Morgan fingerprint density at radius 2 is 2.11 bits per heavy atom. The molecule has 0 amide bonds. The van der Waals surface area contributed by atoms with Gasteiger partial charge in [-0.25, -0.2) is 0 Å². The predicted octanol–water partition coefficient (Wildman–Crippen LogP) is 2.78. The van der Waals surface area contributed by atoms with Crippen LogP contribution in [-0.2, 0) is 22.6 Å². The molecule has 1 N–H and O–H groups in total. The summed E-state index contributed by atoms with van der Waals surface area (Å²) in [5.41, 5.74) is 1.22. The Morgan fingerprint density at radius 1 is 1.37 bits per heavy atom. The van der Waals surface area contributed by atoms with Gasteiger partial charge in [-0.1, -0.05) is 13.8 Å². The second-order valence-electron chi connectivity index (χ2n) is 5.45. The fourth-order valence-electron chi connectivity index (χ4n) is 2.19. The van der Waals surface area contributed by atoms with Gasteiger partial charge in [0, 0.05) is 31.4 Å². The van der Waals surface area contributed by atoms with Gasteiger partial charge < -0.3 is 19.2 Å². The number of ether oxygens (including phenoxy) is 2. The largest absolute Gasteiger partial charge is 0.464 e. The number of hydrogen-bond donors (Lipinski definition) is 1. The highest BCUT2D eigenvalue weighted by molar-refractivity contribution is 5.20. The van der Waals surface area contributed by atoms with Crippen LogP contribution in [0.25, 0.3) is 0 Å². The molecule has 0 atom stereocenters. The van der Waals surface area contributed by atoms with Gasteiger partial charge in [-0.3, -0.25) is 0 Å². The molecule has 1 saturated heterocycles. The molecule has 1 aromatic heterocycles. The van der Waals surface area contributed by atoms with Crippen LogP contribution in [-0.4, -0.2) is 25.4 Å². The molecule has 0 bridgehead atoms. The fourth-order valence-corrected chi connectivity index (χ4v) is 2.19. The van der Waals surface area contributed by atoms with E-state index in [-0.39, 0.29) is 0 Å². The third-order valence-corrected chi connectivity index (χ3v) is 3.40. The Bertz CT molecular complexity index is 381. The molecule has 0 radical (unpaired) electrons. The lowest BCUT2D eigenvalue weighted by atomic mass is 10.1. The van der Waals surface area contributed by atoms with Crippen molar-refractivity contribution in [2.75, 3.05) is 13.2 Å². The summed E-state index contributed by atoms with van der Waals surface area (Å²) < 4.78 is 16.9. The first-order valence-electron chi connectivity index (χ1n) is 7.16. The molecule has 1 aliphatic heterocycles. The number of furan rings is 1. The lowest BCUT2D eigenvalue weighted by molar-refractivity contribution is -0.0435. The summed E-state index contributed by atoms with van der Waals surface area (Å²) in [5, 5.41) is 3.40. The van der Waals surface area contributed by atoms with Gasteiger partial charge >= 0.3 is 0 Å². The van der Waals surface area contributed by atoms with Crippen molar-refractivity contribution in [3.63, 3.8) is 0 Å². The molecular weight excluding hydrogens is 242 g/mol. The van der Waals surface area contributed by atoms with Crippen molar-refractivity contribution < 1.29 is 13.9 Å². The maximum atomic E-state index is 5.87. The molecule has 0 unspecified atom stereocenters. The average Bonchev–Trinajstić information content (AvgIpc) is 2.76. The van der Waals surface area contributed by atoms with E-state index in [4.69, 9.17) is 13.9 Å². The van der Waals surface area contributed by atoms with Crippen LogP contribution in [0.5, 0.6) is 0 Å². The first-order valence-corrected chi connectivity index (χ1v) is 7.16. The van der Waals surface area contributed by atoms with Crippen LogP contribution in [0.15, 0.2) is 10.5 Å². The van der Waals surface area contributed by atoms with E-state index < -0.39 is 0 Å². The standard InChI is InChI=1S/C15H25NO3/c1-11(2)16-9-13-8-15(19-12(13)3)10-18-14-4-6-17-7-5-14/h8,11,14,16H,4-7,9-10H2,1-3H3. The molecule has 4 heteroatoms. The molecule has 108 valence electrons. The van der Waals surface area contributed by atoms with Gasteiger partial charge in [-0.2, -0.15) is 0 Å². The normalized spacial score (nSPS) is 17.3. The van der Waals surface area contributed by atoms with Crippen molar-refractivity contribution in [1.82, 2.24) is 5.32 Å². The van der Waals surface area contributed by atoms with E-state index in [1.54, 1.807) is 0 Å². The van der Waals surface area contributed by atoms with Gasteiger partial charge in [-0.05, 0) is 25.8 Å². The van der Waals surface area contributed by atoms with E-state index in [0.29, 0.717) is 18.8 Å². The summed E-state index contributed by atoms with van der Waals surface area (Å²) >= 11 is 0. The van der Waals surface area contributed by atoms with Crippen LogP contribution in [0.1, 0.15) is 43.8 Å². The molecular formula is C15H25NO3. The van der Waals surface area contributed by atoms with E-state index in [0.717, 1.165) is 44.1 Å². The minimum Gasteiger partial charge on any atom is -0.464 e. The lowest BCUT2D eigenvalue weighted by Crippen LogP contribution is -2.23. The van der Waals surface area contributed by atoms with Crippen molar-refractivity contribution in [1.29, 1.82) is 0 Å². The van der Waals surface area contributed by atoms with Crippen molar-refractivity contribution in [2.24, 2.45) is 0 Å². The summed E-state index contributed by atoms with van der Waals surface area (Å²) in [4.78, 5) is 0. The van der Waals surface area contributed by atoms with Crippen LogP contribution in [0.3, 0.4) is 0 Å². The lowest BCUT2D eigenvalue weighted by Gasteiger charge is -2.21. The molecule has 0 saturated carbocycles. The van der Waals surface area contributed by atoms with Crippen LogP contribution in [0, 0.1) is 6.92 Å². The minimum absolute atomic E-state index is 0.316. The Kier molecular flexibility index (Phi) is 5.43. The Hall–Kier alpha value is -0.840. The van der Waals surface area contributed by atoms with Gasteiger partial charge in [0.05, 0.1) is 6.10 Å². The highest BCUT2D eigenvalue weighted by Crippen LogP contribution is 2.18. The molecule has 1 aliphatic rings. The predicted molar refractivity (Wildman–Crippen MR) is 74.1 cm³/mol. The second kappa shape index (κ2) is 7.08. The summed E-state index contributed by atoms with van der Waals surface area (Å²) in [6.07, 6.45) is 2.29. The van der Waals surface area contributed by atoms with Crippen LogP contribution < -0.4 is 5.32 Å². The summed E-state index contributed by atoms with van der Waals surface area (Å²) in [6, 6.07) is 2.58. The van der Waals surface area contributed by atoms with Gasteiger partial charge in [-0.15, -0.1) is 0 Å². The molecule has 1 fully saturated rings. The van der Waals surface area contributed by atoms with Crippen LogP contribution in [0.4, 0.5) is 0 Å². The maximum Gasteiger partial charge on any atom is 0.130 e. The van der Waals surface area contributed by atoms with Crippen molar-refractivity contribution in [2.45, 2.75) is 58.9 Å². The zero-order valence-electron chi connectivity index (χ0n) is 12.2. The third kappa shape index (κ3) is 4.64. The van der Waals surface area contributed by atoms with E-state index in [2.05, 4.69) is 25.2 Å². The zero-order valence-corrected chi connectivity index (χ0v) is 12.2. The quantitative estimate of drug-likeness (QED) is 0.860.